The molecule has 0 aliphatic rings. The molecule has 0 aliphatic carbocycles. The summed E-state index contributed by atoms with van der Waals surface area (Å²) in [5, 5.41) is 14.3. The Hall–Kier alpha value is -3.94. The number of fused-ring (bicyclic) bond motifs is 4. The fourth-order valence-electron chi connectivity index (χ4n) is 3.92. The van der Waals surface area contributed by atoms with E-state index >= 15 is 0 Å². The molecule has 3 aromatic heterocycles. The monoisotopic (exact) mass is 405 g/mol. The number of H-pyrrole nitrogens is 2. The van der Waals surface area contributed by atoms with E-state index < -0.39 is 0 Å². The number of aromatic hydroxyl groups is 1. The predicted molar refractivity (Wildman–Crippen MR) is 114 cm³/mol. The lowest BCUT2D eigenvalue weighted by molar-refractivity contribution is 0.373. The number of pyridine rings is 1. The van der Waals surface area contributed by atoms with Crippen molar-refractivity contribution in [3.05, 3.63) is 57.0 Å². The van der Waals surface area contributed by atoms with Crippen LogP contribution in [0.3, 0.4) is 0 Å². The molecule has 8 nitrogen and oxygen atoms in total. The van der Waals surface area contributed by atoms with Gasteiger partial charge in [-0.2, -0.15) is 0 Å². The summed E-state index contributed by atoms with van der Waals surface area (Å²) in [5.41, 5.74) is 2.78. The molecule has 0 saturated heterocycles. The van der Waals surface area contributed by atoms with Crippen LogP contribution < -0.4 is 15.7 Å². The molecule has 0 radical (unpaired) electrons. The standard InChI is InChI=1S/C22H19N3O5/c1-10(2)25-21-18(22(28)24-25)17(11-4-7-15(29-3)14(27)8-11)20-19(23-21)13-6-5-12(26)9-16(13)30-20/h4-10,23,27H,1-3H3,(H,24,28). The van der Waals surface area contributed by atoms with E-state index in [0.29, 0.717) is 44.6 Å². The number of nitrogens with zero attached hydrogens (tertiary/aromatic N) is 1. The number of aromatic amines is 2. The lowest BCUT2D eigenvalue weighted by Gasteiger charge is -2.11. The lowest BCUT2D eigenvalue weighted by atomic mass is 10.0. The quantitative estimate of drug-likeness (QED) is 0.422. The van der Waals surface area contributed by atoms with Crippen LogP contribution in [-0.4, -0.2) is 27.0 Å². The zero-order valence-corrected chi connectivity index (χ0v) is 16.6. The molecule has 30 heavy (non-hydrogen) atoms. The van der Waals surface area contributed by atoms with Gasteiger partial charge in [-0.1, -0.05) is 6.07 Å². The molecule has 3 N–H and O–H groups in total. The van der Waals surface area contributed by atoms with Crippen LogP contribution in [0.25, 0.3) is 44.2 Å². The molecular formula is C22H19N3O5. The lowest BCUT2D eigenvalue weighted by Crippen LogP contribution is -2.07. The molecule has 152 valence electrons. The first-order valence-corrected chi connectivity index (χ1v) is 9.49. The summed E-state index contributed by atoms with van der Waals surface area (Å²) in [6.07, 6.45) is 0. The smallest absolute Gasteiger partial charge is 0.274 e. The van der Waals surface area contributed by atoms with E-state index in [4.69, 9.17) is 9.15 Å². The highest BCUT2D eigenvalue weighted by Gasteiger charge is 2.23. The number of benzene rings is 2. The number of nitrogens with one attached hydrogen (secondary N) is 2. The van der Waals surface area contributed by atoms with Crippen molar-refractivity contribution in [1.82, 2.24) is 14.8 Å². The van der Waals surface area contributed by atoms with Gasteiger partial charge in [0, 0.05) is 23.1 Å². The van der Waals surface area contributed by atoms with Gasteiger partial charge < -0.3 is 19.2 Å². The number of furan rings is 1. The van der Waals surface area contributed by atoms with E-state index in [9.17, 15) is 14.7 Å². The molecule has 0 spiro atoms. The summed E-state index contributed by atoms with van der Waals surface area (Å²) in [6.45, 7) is 3.92. The molecule has 0 unspecified atom stereocenters. The maximum Gasteiger partial charge on any atom is 0.274 e. The highest BCUT2D eigenvalue weighted by atomic mass is 16.5. The zero-order chi connectivity index (χ0) is 21.2. The molecule has 0 amide bonds. The average Bonchev–Trinajstić information content (AvgIpc) is 3.23. The van der Waals surface area contributed by atoms with E-state index in [1.807, 2.05) is 13.8 Å². The minimum absolute atomic E-state index is 0.00701. The summed E-state index contributed by atoms with van der Waals surface area (Å²) in [5.74, 6) is 0.268. The number of hydrogen-bond donors (Lipinski definition) is 3. The number of phenolic OH excluding ortho intramolecular Hbond substituents is 1. The van der Waals surface area contributed by atoms with Crippen molar-refractivity contribution in [2.45, 2.75) is 19.9 Å². The predicted octanol–water partition coefficient (Wildman–Crippen LogP) is 3.88. The molecule has 2 aromatic carbocycles. The van der Waals surface area contributed by atoms with Crippen molar-refractivity contribution in [3.8, 4) is 22.6 Å². The molecule has 8 heteroatoms. The summed E-state index contributed by atoms with van der Waals surface area (Å²) in [6, 6.07) is 9.50. The Kier molecular flexibility index (Phi) is 3.79. The third-order valence-corrected chi connectivity index (χ3v) is 5.29. The van der Waals surface area contributed by atoms with Gasteiger partial charge in [0.05, 0.1) is 18.0 Å². The Labute approximate surface area is 169 Å². The Bertz CT molecular complexity index is 1570. The molecule has 0 fully saturated rings. The minimum Gasteiger partial charge on any atom is -0.504 e. The van der Waals surface area contributed by atoms with Crippen LogP contribution >= 0.6 is 0 Å². The fraction of sp³-hybridized carbons (Fsp3) is 0.182. The van der Waals surface area contributed by atoms with E-state index in [1.165, 1.54) is 25.3 Å². The summed E-state index contributed by atoms with van der Waals surface area (Å²) in [4.78, 5) is 28.1. The summed E-state index contributed by atoms with van der Waals surface area (Å²) >= 11 is 0. The number of ether oxygens (including phenoxy) is 1. The normalized spacial score (nSPS) is 11.9. The van der Waals surface area contributed by atoms with Gasteiger partial charge in [0.15, 0.2) is 22.5 Å². The van der Waals surface area contributed by atoms with Crippen LogP contribution in [-0.2, 0) is 0 Å². The zero-order valence-electron chi connectivity index (χ0n) is 16.6. The molecule has 0 atom stereocenters. The van der Waals surface area contributed by atoms with E-state index in [2.05, 4.69) is 10.1 Å². The SMILES string of the molecule is COc1ccc(-c2c3oc4cc(=O)ccc4c3[nH]c3c2c(=O)[nH]n3C(C)C)cc1O. The van der Waals surface area contributed by atoms with Crippen molar-refractivity contribution in [1.29, 1.82) is 0 Å². The second-order valence-electron chi connectivity index (χ2n) is 7.48. The molecule has 5 aromatic rings. The van der Waals surface area contributed by atoms with Gasteiger partial charge in [0.2, 0.25) is 0 Å². The molecule has 0 aliphatic heterocycles. The van der Waals surface area contributed by atoms with Gasteiger partial charge in [-0.3, -0.25) is 19.4 Å². The molecule has 5 rings (SSSR count). The third-order valence-electron chi connectivity index (χ3n) is 5.29. The third kappa shape index (κ3) is 2.46. The van der Waals surface area contributed by atoms with E-state index in [-0.39, 0.29) is 22.8 Å². The van der Waals surface area contributed by atoms with Crippen LogP contribution in [0.1, 0.15) is 19.9 Å². The first-order chi connectivity index (χ1) is 14.4. The number of rotatable bonds is 3. The van der Waals surface area contributed by atoms with Gasteiger partial charge >= 0.3 is 0 Å². The van der Waals surface area contributed by atoms with Crippen molar-refractivity contribution in [3.63, 3.8) is 0 Å². The fourth-order valence-corrected chi connectivity index (χ4v) is 3.92. The van der Waals surface area contributed by atoms with Crippen molar-refractivity contribution < 1.29 is 14.3 Å². The molecular weight excluding hydrogens is 386 g/mol. The second-order valence-corrected chi connectivity index (χ2v) is 7.48. The topological polar surface area (TPSA) is 113 Å². The first-order valence-electron chi connectivity index (χ1n) is 9.49. The molecule has 0 saturated carbocycles. The van der Waals surface area contributed by atoms with Gasteiger partial charge in [-0.25, -0.2) is 0 Å². The van der Waals surface area contributed by atoms with Crippen LogP contribution in [0.2, 0.25) is 0 Å². The van der Waals surface area contributed by atoms with Gasteiger partial charge in [-0.15, -0.1) is 0 Å². The van der Waals surface area contributed by atoms with Crippen LogP contribution in [0.4, 0.5) is 0 Å². The first kappa shape index (κ1) is 18.1. The largest absolute Gasteiger partial charge is 0.504 e. The van der Waals surface area contributed by atoms with Crippen molar-refractivity contribution >= 4 is 33.1 Å². The minimum atomic E-state index is -0.285. The van der Waals surface area contributed by atoms with E-state index in [0.717, 1.165) is 5.39 Å². The summed E-state index contributed by atoms with van der Waals surface area (Å²) in [7, 11) is 1.47. The van der Waals surface area contributed by atoms with Gasteiger partial charge in [0.1, 0.15) is 11.2 Å². The molecule has 3 heterocycles. The van der Waals surface area contributed by atoms with Gasteiger partial charge in [0.25, 0.3) is 5.56 Å². The van der Waals surface area contributed by atoms with Crippen LogP contribution in [0.15, 0.2) is 50.4 Å². The van der Waals surface area contributed by atoms with Crippen LogP contribution in [0.5, 0.6) is 11.5 Å². The Morgan fingerprint density at radius 2 is 1.93 bits per heavy atom. The maximum absolute atomic E-state index is 12.9. The number of phenols is 1. The number of aromatic nitrogens is 3. The average molecular weight is 405 g/mol. The maximum atomic E-state index is 12.9. The van der Waals surface area contributed by atoms with Crippen molar-refractivity contribution in [2.24, 2.45) is 0 Å². The molecule has 0 bridgehead atoms. The Morgan fingerprint density at radius 3 is 2.63 bits per heavy atom. The highest BCUT2D eigenvalue weighted by molar-refractivity contribution is 6.14. The Morgan fingerprint density at radius 1 is 1.13 bits per heavy atom. The van der Waals surface area contributed by atoms with Crippen LogP contribution in [0, 0.1) is 0 Å². The Balaban J connectivity index is 2.02. The highest BCUT2D eigenvalue weighted by Crippen LogP contribution is 2.40. The number of methoxy groups -OCH3 is 1. The summed E-state index contributed by atoms with van der Waals surface area (Å²) < 4.78 is 12.9. The van der Waals surface area contributed by atoms with E-state index in [1.54, 1.807) is 22.9 Å². The van der Waals surface area contributed by atoms with Gasteiger partial charge in [-0.05, 0) is 43.7 Å². The second kappa shape index (κ2) is 6.28. The van der Waals surface area contributed by atoms with Crippen molar-refractivity contribution in [2.75, 3.05) is 7.11 Å². The number of hydrogen-bond acceptors (Lipinski definition) is 5.